The quantitative estimate of drug-likeness (QED) is 0.930. The number of aliphatic carboxylic acids is 1. The summed E-state index contributed by atoms with van der Waals surface area (Å²) in [5.41, 5.74) is 0.266. The van der Waals surface area contributed by atoms with Gasteiger partial charge in [0, 0.05) is 24.5 Å². The van der Waals surface area contributed by atoms with Gasteiger partial charge in [-0.25, -0.2) is 12.8 Å². The molecule has 0 saturated carbocycles. The van der Waals surface area contributed by atoms with E-state index in [4.69, 9.17) is 9.52 Å². The molecule has 0 bridgehead atoms. The van der Waals surface area contributed by atoms with Crippen molar-refractivity contribution in [2.24, 2.45) is 11.8 Å². The molecule has 2 aromatic rings. The Balaban J connectivity index is 1.97. The van der Waals surface area contributed by atoms with Gasteiger partial charge in [-0.1, -0.05) is 6.92 Å². The van der Waals surface area contributed by atoms with Gasteiger partial charge in [-0.3, -0.25) is 4.79 Å². The first-order valence-electron chi connectivity index (χ1n) is 6.71. The van der Waals surface area contributed by atoms with Crippen LogP contribution in [-0.4, -0.2) is 36.9 Å². The number of furan rings is 1. The van der Waals surface area contributed by atoms with Gasteiger partial charge >= 0.3 is 5.97 Å². The summed E-state index contributed by atoms with van der Waals surface area (Å²) in [5.74, 6) is -2.53. The molecule has 1 aromatic carbocycles. The first-order valence-corrected chi connectivity index (χ1v) is 8.15. The molecule has 1 N–H and O–H groups in total. The molecule has 2 heterocycles. The van der Waals surface area contributed by atoms with E-state index in [1.165, 1.54) is 24.3 Å². The molecular weight excluding hydrogens is 313 g/mol. The Kier molecular flexibility index (Phi) is 3.45. The highest BCUT2D eigenvalue weighted by molar-refractivity contribution is 7.89. The number of hydrogen-bond donors (Lipinski definition) is 1. The van der Waals surface area contributed by atoms with Gasteiger partial charge in [0.05, 0.1) is 5.92 Å². The van der Waals surface area contributed by atoms with Gasteiger partial charge in [-0.15, -0.1) is 0 Å². The van der Waals surface area contributed by atoms with Crippen LogP contribution in [0.4, 0.5) is 4.39 Å². The fourth-order valence-electron chi connectivity index (χ4n) is 2.68. The molecule has 2 atom stereocenters. The molecule has 1 fully saturated rings. The predicted octanol–water partition coefficient (Wildman–Crippen LogP) is 1.91. The molecule has 6 nitrogen and oxygen atoms in total. The van der Waals surface area contributed by atoms with Crippen LogP contribution in [0.1, 0.15) is 6.92 Å². The number of carboxylic acid groups (broad SMARTS) is 1. The van der Waals surface area contributed by atoms with E-state index in [1.54, 1.807) is 6.92 Å². The largest absolute Gasteiger partial charge is 0.481 e. The normalized spacial score (nSPS) is 23.2. The van der Waals surface area contributed by atoms with Crippen molar-refractivity contribution in [3.8, 4) is 0 Å². The zero-order valence-corrected chi connectivity index (χ0v) is 12.5. The van der Waals surface area contributed by atoms with E-state index in [0.29, 0.717) is 5.39 Å². The van der Waals surface area contributed by atoms with Crippen molar-refractivity contribution in [3.63, 3.8) is 0 Å². The summed E-state index contributed by atoms with van der Waals surface area (Å²) in [5, 5.41) is 9.14. The summed E-state index contributed by atoms with van der Waals surface area (Å²) >= 11 is 0. The highest BCUT2D eigenvalue weighted by Crippen LogP contribution is 2.31. The first kappa shape index (κ1) is 15.0. The maximum absolute atomic E-state index is 13.2. The lowest BCUT2D eigenvalue weighted by Crippen LogP contribution is -2.29. The van der Waals surface area contributed by atoms with E-state index >= 15 is 0 Å². The summed E-state index contributed by atoms with van der Waals surface area (Å²) in [6.45, 7) is 1.72. The van der Waals surface area contributed by atoms with Gasteiger partial charge in [0.25, 0.3) is 10.0 Å². The van der Waals surface area contributed by atoms with Crippen LogP contribution in [0.25, 0.3) is 11.0 Å². The van der Waals surface area contributed by atoms with Crippen LogP contribution in [0.5, 0.6) is 0 Å². The summed E-state index contributed by atoms with van der Waals surface area (Å²) in [6.07, 6.45) is 0. The molecule has 0 spiro atoms. The molecule has 0 amide bonds. The summed E-state index contributed by atoms with van der Waals surface area (Å²) < 4.78 is 44.7. The number of hydrogen-bond acceptors (Lipinski definition) is 4. The highest BCUT2D eigenvalue weighted by atomic mass is 32.2. The maximum atomic E-state index is 13.2. The third kappa shape index (κ3) is 2.38. The molecule has 1 aromatic heterocycles. The van der Waals surface area contributed by atoms with E-state index in [0.717, 1.165) is 4.31 Å². The van der Waals surface area contributed by atoms with Crippen LogP contribution >= 0.6 is 0 Å². The molecule has 3 rings (SSSR count). The zero-order valence-electron chi connectivity index (χ0n) is 11.7. The van der Waals surface area contributed by atoms with E-state index < -0.39 is 27.7 Å². The van der Waals surface area contributed by atoms with Gasteiger partial charge in [-0.2, -0.15) is 4.31 Å². The summed E-state index contributed by atoms with van der Waals surface area (Å²) in [4.78, 5) is 11.1. The molecule has 0 aliphatic carbocycles. The Morgan fingerprint density at radius 1 is 1.36 bits per heavy atom. The second-order valence-corrected chi connectivity index (χ2v) is 7.36. The molecule has 0 unspecified atom stereocenters. The van der Waals surface area contributed by atoms with Crippen LogP contribution in [0, 0.1) is 17.7 Å². The number of carboxylic acids is 1. The highest BCUT2D eigenvalue weighted by Gasteiger charge is 2.41. The van der Waals surface area contributed by atoms with Gasteiger partial charge < -0.3 is 9.52 Å². The lowest BCUT2D eigenvalue weighted by molar-refractivity contribution is -0.142. The Hall–Kier alpha value is -1.93. The van der Waals surface area contributed by atoms with Gasteiger partial charge in [-0.05, 0) is 24.1 Å². The number of carbonyl (C=O) groups is 1. The third-order valence-electron chi connectivity index (χ3n) is 3.95. The minimum Gasteiger partial charge on any atom is -0.481 e. The van der Waals surface area contributed by atoms with Crippen molar-refractivity contribution in [1.82, 2.24) is 4.31 Å². The second-order valence-electron chi connectivity index (χ2n) is 5.49. The Morgan fingerprint density at radius 2 is 2.09 bits per heavy atom. The van der Waals surface area contributed by atoms with Crippen molar-refractivity contribution < 1.29 is 27.1 Å². The standard InChI is InChI=1S/C14H14FNO5S/c1-8-6-16(7-11(8)14(17)18)22(19,20)13-5-9-4-10(15)2-3-12(9)21-13/h2-5,8,11H,6-7H2,1H3,(H,17,18)/t8-,11-/m1/s1. The number of halogens is 1. The second kappa shape index (κ2) is 5.06. The number of fused-ring (bicyclic) bond motifs is 1. The Bertz CT molecular complexity index is 844. The molecule has 1 saturated heterocycles. The smallest absolute Gasteiger partial charge is 0.308 e. The average Bonchev–Trinajstić information content (AvgIpc) is 3.02. The van der Waals surface area contributed by atoms with Crippen LogP contribution in [0.3, 0.4) is 0 Å². The minimum atomic E-state index is -3.93. The Morgan fingerprint density at radius 3 is 2.73 bits per heavy atom. The monoisotopic (exact) mass is 327 g/mol. The van der Waals surface area contributed by atoms with E-state index in [9.17, 15) is 17.6 Å². The lowest BCUT2D eigenvalue weighted by atomic mass is 9.99. The fraction of sp³-hybridized carbons (Fsp3) is 0.357. The number of sulfonamides is 1. The fourth-order valence-corrected chi connectivity index (χ4v) is 4.20. The molecule has 0 radical (unpaired) electrons. The molecule has 8 heteroatoms. The summed E-state index contributed by atoms with van der Waals surface area (Å²) in [6, 6.07) is 4.98. The predicted molar refractivity (Wildman–Crippen MR) is 75.2 cm³/mol. The minimum absolute atomic E-state index is 0.0930. The van der Waals surface area contributed by atoms with Gasteiger partial charge in [0.1, 0.15) is 11.4 Å². The zero-order chi connectivity index (χ0) is 16.1. The maximum Gasteiger partial charge on any atom is 0.308 e. The molecular formula is C14H14FNO5S. The molecule has 22 heavy (non-hydrogen) atoms. The van der Waals surface area contributed by atoms with Crippen molar-refractivity contribution in [2.75, 3.05) is 13.1 Å². The number of rotatable bonds is 3. The molecule has 1 aliphatic heterocycles. The van der Waals surface area contributed by atoms with Crippen molar-refractivity contribution in [1.29, 1.82) is 0 Å². The van der Waals surface area contributed by atoms with Crippen LogP contribution in [0.2, 0.25) is 0 Å². The van der Waals surface area contributed by atoms with Crippen LogP contribution < -0.4 is 0 Å². The van der Waals surface area contributed by atoms with Crippen LogP contribution in [0.15, 0.2) is 33.8 Å². The van der Waals surface area contributed by atoms with Crippen molar-refractivity contribution in [2.45, 2.75) is 12.0 Å². The van der Waals surface area contributed by atoms with E-state index in [-0.39, 0.29) is 29.7 Å². The average molecular weight is 327 g/mol. The topological polar surface area (TPSA) is 87.8 Å². The van der Waals surface area contributed by atoms with Crippen molar-refractivity contribution in [3.05, 3.63) is 30.1 Å². The summed E-state index contributed by atoms with van der Waals surface area (Å²) in [7, 11) is -3.93. The Labute approximate surface area is 126 Å². The molecule has 118 valence electrons. The van der Waals surface area contributed by atoms with Crippen molar-refractivity contribution >= 4 is 27.0 Å². The van der Waals surface area contributed by atoms with E-state index in [2.05, 4.69) is 0 Å². The van der Waals surface area contributed by atoms with Crippen LogP contribution in [-0.2, 0) is 14.8 Å². The van der Waals surface area contributed by atoms with Gasteiger partial charge in [0.15, 0.2) is 0 Å². The van der Waals surface area contributed by atoms with Gasteiger partial charge in [0.2, 0.25) is 5.09 Å². The van der Waals surface area contributed by atoms with E-state index in [1.807, 2.05) is 0 Å². The number of nitrogens with zero attached hydrogens (tertiary/aromatic N) is 1. The SMILES string of the molecule is C[C@@H]1CN(S(=O)(=O)c2cc3cc(F)ccc3o2)C[C@H]1C(=O)O. The first-order chi connectivity index (χ1) is 10.3. The number of benzene rings is 1. The lowest BCUT2D eigenvalue weighted by Gasteiger charge is -2.13. The molecule has 1 aliphatic rings. The third-order valence-corrected chi connectivity index (χ3v) is 5.63.